The summed E-state index contributed by atoms with van der Waals surface area (Å²) < 4.78 is 5.13. The van der Waals surface area contributed by atoms with Gasteiger partial charge in [0.2, 0.25) is 0 Å². The van der Waals surface area contributed by atoms with Crippen LogP contribution in [0.2, 0.25) is 0 Å². The molecule has 20 heavy (non-hydrogen) atoms. The maximum Gasteiger partial charge on any atom is 0.327 e. The number of fused-ring (bicyclic) bond motifs is 1. The van der Waals surface area contributed by atoms with E-state index in [1.165, 1.54) is 0 Å². The molecule has 0 aliphatic heterocycles. The highest BCUT2D eigenvalue weighted by atomic mass is 16.5. The predicted octanol–water partition coefficient (Wildman–Crippen LogP) is 2.76. The van der Waals surface area contributed by atoms with Crippen LogP contribution >= 0.6 is 0 Å². The lowest BCUT2D eigenvalue weighted by Gasteiger charge is -2.17. The highest BCUT2D eigenvalue weighted by Crippen LogP contribution is 2.21. The average Bonchev–Trinajstić information content (AvgIpc) is 2.44. The number of pyridine rings is 1. The Morgan fingerprint density at radius 1 is 1.30 bits per heavy atom. The minimum Gasteiger partial charge on any atom is -0.465 e. The van der Waals surface area contributed by atoms with Crippen LogP contribution in [0, 0.1) is 6.92 Å². The summed E-state index contributed by atoms with van der Waals surface area (Å²) in [4.78, 5) is 16.5. The van der Waals surface area contributed by atoms with Gasteiger partial charge in [-0.3, -0.25) is 4.98 Å². The molecular formula is C16H20N2O2. The third-order valence-corrected chi connectivity index (χ3v) is 3.12. The number of likely N-dealkylation sites (N-methyl/N-ethyl adjacent to an activating group) is 1. The van der Waals surface area contributed by atoms with E-state index < -0.39 is 6.04 Å². The number of hydrogen-bond donors (Lipinski definition) is 1. The number of rotatable bonds is 5. The normalized spacial score (nSPS) is 12.3. The van der Waals surface area contributed by atoms with Gasteiger partial charge in [0.05, 0.1) is 12.1 Å². The Morgan fingerprint density at radius 3 is 2.80 bits per heavy atom. The first-order chi connectivity index (χ1) is 9.65. The molecule has 1 atom stereocenters. The van der Waals surface area contributed by atoms with E-state index in [1.54, 1.807) is 0 Å². The second-order valence-electron chi connectivity index (χ2n) is 4.65. The number of ether oxygens (including phenoxy) is 1. The Morgan fingerprint density at radius 2 is 2.10 bits per heavy atom. The smallest absolute Gasteiger partial charge is 0.327 e. The van der Waals surface area contributed by atoms with Gasteiger partial charge >= 0.3 is 5.97 Å². The largest absolute Gasteiger partial charge is 0.465 e. The molecule has 0 amide bonds. The molecule has 4 nitrogen and oxygen atoms in total. The molecule has 0 fully saturated rings. The molecular weight excluding hydrogens is 252 g/mol. The molecule has 1 unspecified atom stereocenters. The molecule has 0 saturated carbocycles. The lowest BCUT2D eigenvalue weighted by molar-refractivity contribution is -0.145. The first-order valence-electron chi connectivity index (χ1n) is 6.93. The van der Waals surface area contributed by atoms with Gasteiger partial charge in [0, 0.05) is 11.1 Å². The number of carbonyl (C=O) groups excluding carboxylic acids is 1. The van der Waals surface area contributed by atoms with Crippen molar-refractivity contribution in [2.45, 2.75) is 26.8 Å². The minimum absolute atomic E-state index is 0.242. The van der Waals surface area contributed by atoms with Crippen molar-refractivity contribution in [3.63, 3.8) is 0 Å². The molecule has 0 radical (unpaired) electrons. The molecule has 0 aliphatic rings. The quantitative estimate of drug-likeness (QED) is 0.850. The zero-order valence-corrected chi connectivity index (χ0v) is 12.1. The lowest BCUT2D eigenvalue weighted by Crippen LogP contribution is -2.30. The zero-order chi connectivity index (χ0) is 14.5. The summed E-state index contributed by atoms with van der Waals surface area (Å²) in [6.45, 7) is 6.84. The summed E-state index contributed by atoms with van der Waals surface area (Å²) in [5.41, 5.74) is 2.83. The van der Waals surface area contributed by atoms with Crippen molar-refractivity contribution >= 4 is 16.9 Å². The monoisotopic (exact) mass is 272 g/mol. The van der Waals surface area contributed by atoms with Gasteiger partial charge in [-0.25, -0.2) is 4.79 Å². The molecule has 1 heterocycles. The molecule has 1 aromatic heterocycles. The van der Waals surface area contributed by atoms with E-state index in [0.717, 1.165) is 22.2 Å². The molecule has 106 valence electrons. The summed E-state index contributed by atoms with van der Waals surface area (Å²) in [6, 6.07) is 9.44. The maximum absolute atomic E-state index is 12.0. The molecule has 2 aromatic rings. The van der Waals surface area contributed by atoms with Crippen LogP contribution in [0.25, 0.3) is 10.9 Å². The van der Waals surface area contributed by atoms with Gasteiger partial charge in [0.1, 0.15) is 6.04 Å². The van der Waals surface area contributed by atoms with Crippen LogP contribution in [0.3, 0.4) is 0 Å². The van der Waals surface area contributed by atoms with Crippen molar-refractivity contribution < 1.29 is 9.53 Å². The van der Waals surface area contributed by atoms with Gasteiger partial charge in [0.25, 0.3) is 0 Å². The van der Waals surface area contributed by atoms with Crippen LogP contribution in [0.5, 0.6) is 0 Å². The second kappa shape index (κ2) is 6.48. The molecule has 2 rings (SSSR count). The van der Waals surface area contributed by atoms with Crippen molar-refractivity contribution in [3.05, 3.63) is 41.6 Å². The van der Waals surface area contributed by atoms with Crippen molar-refractivity contribution in [2.75, 3.05) is 13.2 Å². The molecule has 1 N–H and O–H groups in total. The van der Waals surface area contributed by atoms with Crippen LogP contribution in [0.15, 0.2) is 30.3 Å². The summed E-state index contributed by atoms with van der Waals surface area (Å²) >= 11 is 0. The molecule has 0 saturated heterocycles. The Bertz CT molecular complexity index is 610. The third kappa shape index (κ3) is 3.14. The van der Waals surface area contributed by atoms with E-state index in [1.807, 2.05) is 51.1 Å². The van der Waals surface area contributed by atoms with Gasteiger partial charge in [-0.15, -0.1) is 0 Å². The topological polar surface area (TPSA) is 51.2 Å². The molecule has 0 aliphatic carbocycles. The first-order valence-corrected chi connectivity index (χ1v) is 6.93. The van der Waals surface area contributed by atoms with Crippen molar-refractivity contribution in [2.24, 2.45) is 0 Å². The van der Waals surface area contributed by atoms with Gasteiger partial charge in [-0.1, -0.05) is 19.1 Å². The first kappa shape index (κ1) is 14.5. The lowest BCUT2D eigenvalue weighted by atomic mass is 10.0. The fourth-order valence-corrected chi connectivity index (χ4v) is 2.19. The van der Waals surface area contributed by atoms with Crippen LogP contribution in [-0.2, 0) is 9.53 Å². The van der Waals surface area contributed by atoms with E-state index in [0.29, 0.717) is 13.2 Å². The van der Waals surface area contributed by atoms with E-state index in [9.17, 15) is 4.79 Å². The van der Waals surface area contributed by atoms with Gasteiger partial charge < -0.3 is 10.1 Å². The molecule has 0 bridgehead atoms. The number of hydrogen-bond acceptors (Lipinski definition) is 4. The number of aromatic nitrogens is 1. The Hall–Kier alpha value is -1.94. The molecule has 4 heteroatoms. The fraction of sp³-hybridized carbons (Fsp3) is 0.375. The van der Waals surface area contributed by atoms with Gasteiger partial charge in [-0.2, -0.15) is 0 Å². The third-order valence-electron chi connectivity index (χ3n) is 3.12. The Kier molecular flexibility index (Phi) is 4.69. The minimum atomic E-state index is -0.425. The number of carbonyl (C=O) groups is 1. The van der Waals surface area contributed by atoms with Crippen LogP contribution in [-0.4, -0.2) is 24.1 Å². The Balaban J connectivity index is 2.37. The summed E-state index contributed by atoms with van der Waals surface area (Å²) in [7, 11) is 0. The highest BCUT2D eigenvalue weighted by Gasteiger charge is 2.20. The van der Waals surface area contributed by atoms with Crippen molar-refractivity contribution in [3.8, 4) is 0 Å². The number of aryl methyl sites for hydroxylation is 1. The zero-order valence-electron chi connectivity index (χ0n) is 12.1. The van der Waals surface area contributed by atoms with E-state index in [2.05, 4.69) is 10.3 Å². The fourth-order valence-electron chi connectivity index (χ4n) is 2.19. The van der Waals surface area contributed by atoms with Gasteiger partial charge in [0.15, 0.2) is 0 Å². The van der Waals surface area contributed by atoms with E-state index >= 15 is 0 Å². The summed E-state index contributed by atoms with van der Waals surface area (Å²) in [5.74, 6) is -0.242. The second-order valence-corrected chi connectivity index (χ2v) is 4.65. The molecule has 0 spiro atoms. The van der Waals surface area contributed by atoms with E-state index in [-0.39, 0.29) is 5.97 Å². The number of benzene rings is 1. The van der Waals surface area contributed by atoms with Crippen LogP contribution in [0.1, 0.15) is 31.1 Å². The maximum atomic E-state index is 12.0. The summed E-state index contributed by atoms with van der Waals surface area (Å²) in [6.07, 6.45) is 0. The van der Waals surface area contributed by atoms with Crippen molar-refractivity contribution in [1.29, 1.82) is 0 Å². The Labute approximate surface area is 119 Å². The van der Waals surface area contributed by atoms with Gasteiger partial charge in [-0.05, 0) is 44.2 Å². The SMILES string of the molecule is CCNC(C(=O)OCC)c1ccc2nc(C)ccc2c1. The predicted molar refractivity (Wildman–Crippen MR) is 79.5 cm³/mol. The molecule has 1 aromatic carbocycles. The highest BCUT2D eigenvalue weighted by molar-refractivity contribution is 5.83. The standard InChI is InChI=1S/C16H20N2O2/c1-4-17-15(16(19)20-5-2)13-8-9-14-12(10-13)7-6-11(3)18-14/h6-10,15,17H,4-5H2,1-3H3. The van der Waals surface area contributed by atoms with E-state index in [4.69, 9.17) is 4.74 Å². The number of nitrogens with one attached hydrogen (secondary N) is 1. The van der Waals surface area contributed by atoms with Crippen molar-refractivity contribution in [1.82, 2.24) is 10.3 Å². The van der Waals surface area contributed by atoms with Crippen LogP contribution < -0.4 is 5.32 Å². The van der Waals surface area contributed by atoms with Crippen LogP contribution in [0.4, 0.5) is 0 Å². The summed E-state index contributed by atoms with van der Waals surface area (Å²) in [5, 5.41) is 4.19. The average molecular weight is 272 g/mol. The number of esters is 1. The number of nitrogens with zero attached hydrogens (tertiary/aromatic N) is 1.